The summed E-state index contributed by atoms with van der Waals surface area (Å²) in [4.78, 5) is 26.4. The smallest absolute Gasteiger partial charge is 0.245 e. The lowest BCUT2D eigenvalue weighted by molar-refractivity contribution is -0.127. The maximum absolute atomic E-state index is 11.5. The van der Waals surface area contributed by atoms with Crippen molar-refractivity contribution in [1.82, 2.24) is 5.48 Å². The predicted octanol–water partition coefficient (Wildman–Crippen LogP) is 0.938. The van der Waals surface area contributed by atoms with E-state index in [-0.39, 0.29) is 13.2 Å². The van der Waals surface area contributed by atoms with Crippen LogP contribution in [0.4, 0.5) is 5.69 Å². The minimum atomic E-state index is -0.642. The third kappa shape index (κ3) is 4.89. The van der Waals surface area contributed by atoms with Gasteiger partial charge in [0.25, 0.3) is 0 Å². The number of para-hydroxylation sites is 1. The molecular formula is C10H11Cl2N3O3. The van der Waals surface area contributed by atoms with Gasteiger partial charge < -0.3 is 11.1 Å². The Hall–Kier alpha value is -1.34. The first-order valence-corrected chi connectivity index (χ1v) is 5.63. The predicted molar refractivity (Wildman–Crippen MR) is 68.2 cm³/mol. The van der Waals surface area contributed by atoms with E-state index in [1.165, 1.54) is 0 Å². The molecule has 18 heavy (non-hydrogen) atoms. The standard InChI is InChI=1S/C10H11Cl2N3O3/c11-6-2-1-3-7(12)10(6)15-9(17)4-14-18-5-8(13)16/h1-3,14H,4-5H2,(H2,13,16)(H,15,17). The highest BCUT2D eigenvalue weighted by atomic mass is 35.5. The van der Waals surface area contributed by atoms with E-state index in [0.717, 1.165) is 0 Å². The van der Waals surface area contributed by atoms with Crippen LogP contribution >= 0.6 is 23.2 Å². The number of carbonyl (C=O) groups is 2. The summed E-state index contributed by atoms with van der Waals surface area (Å²) in [6, 6.07) is 4.86. The van der Waals surface area contributed by atoms with Gasteiger partial charge >= 0.3 is 0 Å². The number of hydroxylamine groups is 1. The fourth-order valence-electron chi connectivity index (χ4n) is 1.04. The molecule has 0 spiro atoms. The molecule has 1 aromatic rings. The zero-order valence-electron chi connectivity index (χ0n) is 9.20. The summed E-state index contributed by atoms with van der Waals surface area (Å²) in [5.41, 5.74) is 7.43. The van der Waals surface area contributed by atoms with Crippen molar-refractivity contribution in [2.24, 2.45) is 5.73 Å². The van der Waals surface area contributed by atoms with E-state index in [1.54, 1.807) is 18.2 Å². The van der Waals surface area contributed by atoms with E-state index in [1.807, 2.05) is 0 Å². The van der Waals surface area contributed by atoms with Crippen LogP contribution in [0.15, 0.2) is 18.2 Å². The fourth-order valence-corrected chi connectivity index (χ4v) is 1.53. The Bertz CT molecular complexity index is 434. The van der Waals surface area contributed by atoms with Crippen molar-refractivity contribution in [2.45, 2.75) is 0 Å². The van der Waals surface area contributed by atoms with Gasteiger partial charge in [0.2, 0.25) is 11.8 Å². The Morgan fingerprint density at radius 2 is 1.89 bits per heavy atom. The molecule has 0 atom stereocenters. The summed E-state index contributed by atoms with van der Waals surface area (Å²) in [7, 11) is 0. The van der Waals surface area contributed by atoms with E-state index >= 15 is 0 Å². The van der Waals surface area contributed by atoms with Crippen LogP contribution in [0.25, 0.3) is 0 Å². The minimum absolute atomic E-state index is 0.172. The first-order valence-electron chi connectivity index (χ1n) is 4.87. The Labute approximate surface area is 113 Å². The number of nitrogens with two attached hydrogens (primary N) is 1. The van der Waals surface area contributed by atoms with Gasteiger partial charge in [0.15, 0.2) is 0 Å². The van der Waals surface area contributed by atoms with Gasteiger partial charge in [0.1, 0.15) is 13.2 Å². The number of rotatable bonds is 6. The maximum atomic E-state index is 11.5. The highest BCUT2D eigenvalue weighted by molar-refractivity contribution is 6.39. The van der Waals surface area contributed by atoms with Crippen LogP contribution in [-0.2, 0) is 14.4 Å². The van der Waals surface area contributed by atoms with Crippen LogP contribution in [0, 0.1) is 0 Å². The largest absolute Gasteiger partial charge is 0.368 e. The number of anilines is 1. The van der Waals surface area contributed by atoms with Crippen LogP contribution in [0.3, 0.4) is 0 Å². The Balaban J connectivity index is 2.43. The molecule has 4 N–H and O–H groups in total. The Morgan fingerprint density at radius 3 is 2.44 bits per heavy atom. The lowest BCUT2D eigenvalue weighted by atomic mass is 10.3. The minimum Gasteiger partial charge on any atom is -0.368 e. The monoisotopic (exact) mass is 291 g/mol. The second kappa shape index (κ2) is 7.17. The third-order valence-corrected chi connectivity index (χ3v) is 2.41. The van der Waals surface area contributed by atoms with Gasteiger partial charge in [0, 0.05) is 0 Å². The second-order valence-corrected chi connectivity index (χ2v) is 4.04. The first-order chi connectivity index (χ1) is 8.50. The molecule has 6 nitrogen and oxygen atoms in total. The van der Waals surface area contributed by atoms with Crippen molar-refractivity contribution in [1.29, 1.82) is 0 Å². The average molecular weight is 292 g/mol. The summed E-state index contributed by atoms with van der Waals surface area (Å²) < 4.78 is 0. The molecule has 0 bridgehead atoms. The van der Waals surface area contributed by atoms with Crippen LogP contribution in [0.5, 0.6) is 0 Å². The van der Waals surface area contributed by atoms with Gasteiger partial charge in [-0.2, -0.15) is 5.48 Å². The van der Waals surface area contributed by atoms with Gasteiger partial charge in [-0.25, -0.2) is 0 Å². The number of primary amides is 1. The van der Waals surface area contributed by atoms with E-state index < -0.39 is 11.8 Å². The molecule has 1 aromatic carbocycles. The highest BCUT2D eigenvalue weighted by Gasteiger charge is 2.09. The number of hydrogen-bond acceptors (Lipinski definition) is 4. The van der Waals surface area contributed by atoms with Crippen LogP contribution < -0.4 is 16.5 Å². The van der Waals surface area contributed by atoms with E-state index in [0.29, 0.717) is 15.7 Å². The summed E-state index contributed by atoms with van der Waals surface area (Å²) >= 11 is 11.7. The van der Waals surface area contributed by atoms with Crippen LogP contribution in [-0.4, -0.2) is 25.0 Å². The number of amides is 2. The topological polar surface area (TPSA) is 93.5 Å². The molecule has 2 amide bonds. The molecule has 8 heteroatoms. The lowest BCUT2D eigenvalue weighted by Gasteiger charge is -2.09. The molecular weight excluding hydrogens is 281 g/mol. The van der Waals surface area contributed by atoms with Gasteiger partial charge in [-0.05, 0) is 12.1 Å². The molecule has 0 aliphatic carbocycles. The molecule has 0 aliphatic heterocycles. The lowest BCUT2D eigenvalue weighted by Crippen LogP contribution is -2.31. The Kier molecular flexibility index (Phi) is 5.87. The maximum Gasteiger partial charge on any atom is 0.245 e. The zero-order chi connectivity index (χ0) is 13.5. The zero-order valence-corrected chi connectivity index (χ0v) is 10.7. The highest BCUT2D eigenvalue weighted by Crippen LogP contribution is 2.29. The summed E-state index contributed by atoms with van der Waals surface area (Å²) in [5.74, 6) is -1.06. The van der Waals surface area contributed by atoms with E-state index in [9.17, 15) is 9.59 Å². The number of halogens is 2. The molecule has 1 rings (SSSR count). The molecule has 0 aliphatic rings. The molecule has 0 unspecified atom stereocenters. The third-order valence-electron chi connectivity index (χ3n) is 1.78. The van der Waals surface area contributed by atoms with Crippen LogP contribution in [0.2, 0.25) is 10.0 Å². The molecule has 0 heterocycles. The quantitative estimate of drug-likeness (QED) is 0.537. The normalized spacial score (nSPS) is 10.1. The molecule has 0 aromatic heterocycles. The van der Waals surface area contributed by atoms with Gasteiger partial charge in [0.05, 0.1) is 15.7 Å². The van der Waals surface area contributed by atoms with Crippen LogP contribution in [0.1, 0.15) is 0 Å². The van der Waals surface area contributed by atoms with Gasteiger partial charge in [-0.15, -0.1) is 0 Å². The molecule has 98 valence electrons. The summed E-state index contributed by atoms with van der Waals surface area (Å²) in [6.45, 7) is -0.491. The number of benzene rings is 1. The van der Waals surface area contributed by atoms with Crippen molar-refractivity contribution in [3.8, 4) is 0 Å². The number of hydrogen-bond donors (Lipinski definition) is 3. The first kappa shape index (κ1) is 14.7. The van der Waals surface area contributed by atoms with E-state index in [2.05, 4.69) is 15.6 Å². The van der Waals surface area contributed by atoms with Crippen molar-refractivity contribution < 1.29 is 14.4 Å². The Morgan fingerprint density at radius 1 is 1.28 bits per heavy atom. The van der Waals surface area contributed by atoms with Crippen molar-refractivity contribution in [3.05, 3.63) is 28.2 Å². The number of carbonyl (C=O) groups excluding carboxylic acids is 2. The van der Waals surface area contributed by atoms with Crippen molar-refractivity contribution >= 4 is 40.7 Å². The average Bonchev–Trinajstić information content (AvgIpc) is 2.29. The van der Waals surface area contributed by atoms with E-state index in [4.69, 9.17) is 28.9 Å². The van der Waals surface area contributed by atoms with Gasteiger partial charge in [-0.3, -0.25) is 14.4 Å². The molecule has 0 saturated carbocycles. The molecule has 0 fully saturated rings. The SMILES string of the molecule is NC(=O)CONCC(=O)Nc1c(Cl)cccc1Cl. The second-order valence-electron chi connectivity index (χ2n) is 3.22. The van der Waals surface area contributed by atoms with Crippen molar-refractivity contribution in [3.63, 3.8) is 0 Å². The fraction of sp³-hybridized carbons (Fsp3) is 0.200. The molecule has 0 saturated heterocycles. The summed E-state index contributed by atoms with van der Waals surface area (Å²) in [5, 5.41) is 3.16. The summed E-state index contributed by atoms with van der Waals surface area (Å²) in [6.07, 6.45) is 0. The number of nitrogens with one attached hydrogen (secondary N) is 2. The van der Waals surface area contributed by atoms with Gasteiger partial charge in [-0.1, -0.05) is 29.3 Å². The van der Waals surface area contributed by atoms with Crippen molar-refractivity contribution in [2.75, 3.05) is 18.5 Å². The molecule has 0 radical (unpaired) electrons.